The van der Waals surface area contributed by atoms with Gasteiger partial charge in [0.1, 0.15) is 5.82 Å². The highest BCUT2D eigenvalue weighted by Crippen LogP contribution is 2.36. The topological polar surface area (TPSA) is 53.2 Å². The summed E-state index contributed by atoms with van der Waals surface area (Å²) in [5.74, 6) is 0.667. The van der Waals surface area contributed by atoms with Crippen molar-refractivity contribution in [3.05, 3.63) is 63.9 Å². The summed E-state index contributed by atoms with van der Waals surface area (Å²) in [6, 6.07) is 13.9. The minimum Gasteiger partial charge on any atom is -0.367 e. The summed E-state index contributed by atoms with van der Waals surface area (Å²) in [6.45, 7) is 0.707. The van der Waals surface area contributed by atoms with E-state index in [9.17, 15) is 4.79 Å². The van der Waals surface area contributed by atoms with Gasteiger partial charge < -0.3 is 16.0 Å². The Morgan fingerprint density at radius 3 is 2.76 bits per heavy atom. The summed E-state index contributed by atoms with van der Waals surface area (Å²) >= 11 is 3.46. The monoisotopic (exact) mass is 341 g/mol. The molecule has 1 amide bonds. The van der Waals surface area contributed by atoms with E-state index in [4.69, 9.17) is 0 Å². The lowest BCUT2D eigenvalue weighted by atomic mass is 10.1. The zero-order chi connectivity index (χ0) is 14.4. The van der Waals surface area contributed by atoms with Gasteiger partial charge in [0.2, 0.25) is 0 Å². The Labute approximate surface area is 130 Å². The maximum atomic E-state index is 12.3. The second-order valence-electron chi connectivity index (χ2n) is 5.03. The van der Waals surface area contributed by atoms with Crippen LogP contribution < -0.4 is 16.0 Å². The van der Waals surface area contributed by atoms with Crippen LogP contribution in [0.1, 0.15) is 11.1 Å². The summed E-state index contributed by atoms with van der Waals surface area (Å²) in [5.41, 5.74) is 4.63. The molecule has 104 valence electrons. The zero-order valence-corrected chi connectivity index (χ0v) is 12.6. The highest BCUT2D eigenvalue weighted by molar-refractivity contribution is 9.10. The highest BCUT2D eigenvalue weighted by Gasteiger charge is 2.29. The molecule has 0 atom stereocenters. The van der Waals surface area contributed by atoms with E-state index in [1.54, 1.807) is 0 Å². The van der Waals surface area contributed by atoms with Crippen molar-refractivity contribution < 1.29 is 4.79 Å². The molecule has 0 saturated carbocycles. The zero-order valence-electron chi connectivity index (χ0n) is 11.0. The van der Waals surface area contributed by atoms with Crippen LogP contribution in [0.3, 0.4) is 0 Å². The first-order valence-electron chi connectivity index (χ1n) is 6.67. The van der Waals surface area contributed by atoms with E-state index in [0.29, 0.717) is 12.1 Å². The van der Waals surface area contributed by atoms with E-state index in [-0.39, 0.29) is 5.91 Å². The van der Waals surface area contributed by atoms with Crippen molar-refractivity contribution in [3.63, 3.8) is 0 Å². The van der Waals surface area contributed by atoms with Crippen molar-refractivity contribution in [2.45, 2.75) is 6.54 Å². The van der Waals surface area contributed by atoms with E-state index >= 15 is 0 Å². The largest absolute Gasteiger partial charge is 0.367 e. The van der Waals surface area contributed by atoms with Crippen molar-refractivity contribution in [1.29, 1.82) is 0 Å². The maximum Gasteiger partial charge on any atom is 0.260 e. The van der Waals surface area contributed by atoms with Crippen LogP contribution in [0.4, 0.5) is 11.4 Å². The van der Waals surface area contributed by atoms with E-state index in [0.717, 1.165) is 27.2 Å². The molecule has 4 nitrogen and oxygen atoms in total. The third-order valence-corrected chi connectivity index (χ3v) is 4.20. The molecule has 2 aromatic rings. The predicted octanol–water partition coefficient (Wildman–Crippen LogP) is 3.29. The second-order valence-corrected chi connectivity index (χ2v) is 5.95. The number of nitrogens with one attached hydrogen (secondary N) is 3. The molecule has 4 rings (SSSR count). The van der Waals surface area contributed by atoms with E-state index in [1.807, 2.05) is 36.4 Å². The number of fused-ring (bicyclic) bond motifs is 2. The molecule has 0 spiro atoms. The van der Waals surface area contributed by atoms with E-state index in [2.05, 4.69) is 37.9 Å². The molecule has 3 N–H and O–H groups in total. The Morgan fingerprint density at radius 1 is 1.00 bits per heavy atom. The van der Waals surface area contributed by atoms with Crippen molar-refractivity contribution in [2.24, 2.45) is 0 Å². The molecule has 21 heavy (non-hydrogen) atoms. The molecule has 2 aliphatic heterocycles. The number of halogens is 1. The molecule has 0 aliphatic carbocycles. The van der Waals surface area contributed by atoms with Crippen LogP contribution in [0.2, 0.25) is 0 Å². The van der Waals surface area contributed by atoms with Gasteiger partial charge in [-0.3, -0.25) is 4.79 Å². The Hall–Kier alpha value is -2.27. The summed E-state index contributed by atoms with van der Waals surface area (Å²) in [7, 11) is 0. The van der Waals surface area contributed by atoms with Gasteiger partial charge >= 0.3 is 0 Å². The first-order chi connectivity index (χ1) is 10.2. The van der Waals surface area contributed by atoms with Crippen LogP contribution in [-0.4, -0.2) is 5.91 Å². The number of amides is 1. The quantitative estimate of drug-likeness (QED) is 0.644. The number of anilines is 2. The van der Waals surface area contributed by atoms with Crippen molar-refractivity contribution in [1.82, 2.24) is 5.32 Å². The Bertz CT molecular complexity index is 798. The number of hydrogen-bond acceptors (Lipinski definition) is 3. The van der Waals surface area contributed by atoms with Gasteiger partial charge in [-0.05, 0) is 29.8 Å². The second kappa shape index (κ2) is 4.63. The van der Waals surface area contributed by atoms with E-state index < -0.39 is 0 Å². The minimum absolute atomic E-state index is 0.0857. The lowest BCUT2D eigenvalue weighted by Crippen LogP contribution is -2.28. The van der Waals surface area contributed by atoms with Crippen LogP contribution in [0.15, 0.2) is 52.8 Å². The molecule has 0 unspecified atom stereocenters. The van der Waals surface area contributed by atoms with Gasteiger partial charge in [0.05, 0.1) is 5.57 Å². The number of carbonyl (C=O) groups excluding carboxylic acids is 1. The molecule has 0 bridgehead atoms. The van der Waals surface area contributed by atoms with Crippen LogP contribution in [0.5, 0.6) is 0 Å². The number of rotatable bonds is 0. The van der Waals surface area contributed by atoms with Crippen LogP contribution in [-0.2, 0) is 11.3 Å². The first-order valence-corrected chi connectivity index (χ1v) is 7.46. The summed E-state index contributed by atoms with van der Waals surface area (Å²) in [4.78, 5) is 12.3. The molecule has 0 saturated heterocycles. The third-order valence-electron chi connectivity index (χ3n) is 3.71. The molecule has 0 radical (unpaired) electrons. The lowest BCUT2D eigenvalue weighted by Gasteiger charge is -2.24. The van der Waals surface area contributed by atoms with Gasteiger partial charge in [0.25, 0.3) is 5.91 Å². The summed E-state index contributed by atoms with van der Waals surface area (Å²) in [5, 5.41) is 9.52. The molecule has 0 fully saturated rings. The number of para-hydroxylation sites is 1. The van der Waals surface area contributed by atoms with Crippen molar-refractivity contribution >= 4 is 38.8 Å². The van der Waals surface area contributed by atoms with Crippen LogP contribution in [0.25, 0.3) is 5.57 Å². The molecular weight excluding hydrogens is 330 g/mol. The van der Waals surface area contributed by atoms with Gasteiger partial charge in [-0.15, -0.1) is 0 Å². The number of carbonyl (C=O) groups is 1. The van der Waals surface area contributed by atoms with E-state index in [1.165, 1.54) is 5.56 Å². The van der Waals surface area contributed by atoms with Gasteiger partial charge in [-0.25, -0.2) is 0 Å². The fourth-order valence-corrected chi connectivity index (χ4v) is 3.06. The van der Waals surface area contributed by atoms with Gasteiger partial charge in [0, 0.05) is 28.0 Å². The fraction of sp³-hybridized carbons (Fsp3) is 0.0625. The van der Waals surface area contributed by atoms with Gasteiger partial charge in [0.15, 0.2) is 0 Å². The molecule has 0 aromatic heterocycles. The Morgan fingerprint density at radius 2 is 1.86 bits per heavy atom. The minimum atomic E-state index is -0.0857. The standard InChI is InChI=1S/C16H12BrN3O/c17-10-5-6-13-11(7-10)14(16(21)20-13)15-18-8-9-3-1-2-4-12(9)19-15/h1-7,18-19H,8H2,(H,20,21)/b15-14-. The molecular formula is C16H12BrN3O. The normalized spacial score (nSPS) is 19.2. The predicted molar refractivity (Wildman–Crippen MR) is 86.6 cm³/mol. The van der Waals surface area contributed by atoms with Crippen LogP contribution >= 0.6 is 15.9 Å². The first kappa shape index (κ1) is 12.5. The molecule has 2 aliphatic rings. The Kier molecular flexibility index (Phi) is 2.75. The SMILES string of the molecule is O=C1Nc2ccc(Br)cc2/C1=C1\NCc2ccccc2N1. The van der Waals surface area contributed by atoms with Crippen LogP contribution in [0, 0.1) is 0 Å². The average molecular weight is 342 g/mol. The average Bonchev–Trinajstić information content (AvgIpc) is 2.82. The number of hydrogen-bond donors (Lipinski definition) is 3. The fourth-order valence-electron chi connectivity index (χ4n) is 2.70. The lowest BCUT2D eigenvalue weighted by molar-refractivity contribution is -0.110. The Balaban J connectivity index is 1.84. The third kappa shape index (κ3) is 2.01. The van der Waals surface area contributed by atoms with Crippen molar-refractivity contribution in [2.75, 3.05) is 10.6 Å². The molecule has 2 aromatic carbocycles. The van der Waals surface area contributed by atoms with Crippen molar-refractivity contribution in [3.8, 4) is 0 Å². The summed E-state index contributed by atoms with van der Waals surface area (Å²) in [6.07, 6.45) is 0. The molecule has 2 heterocycles. The van der Waals surface area contributed by atoms with Gasteiger partial charge in [-0.1, -0.05) is 34.1 Å². The summed E-state index contributed by atoms with van der Waals surface area (Å²) < 4.78 is 0.951. The maximum absolute atomic E-state index is 12.3. The highest BCUT2D eigenvalue weighted by atomic mass is 79.9. The number of benzene rings is 2. The smallest absolute Gasteiger partial charge is 0.260 e. The van der Waals surface area contributed by atoms with Gasteiger partial charge in [-0.2, -0.15) is 0 Å². The molecule has 5 heteroatoms.